The van der Waals surface area contributed by atoms with Crippen molar-refractivity contribution in [3.05, 3.63) is 29.8 Å². The highest BCUT2D eigenvalue weighted by Gasteiger charge is 1.97. The second-order valence-corrected chi connectivity index (χ2v) is 4.11. The van der Waals surface area contributed by atoms with Crippen molar-refractivity contribution in [1.29, 1.82) is 0 Å². The van der Waals surface area contributed by atoms with Gasteiger partial charge >= 0.3 is 0 Å². The third-order valence-electron chi connectivity index (χ3n) is 2.09. The van der Waals surface area contributed by atoms with Crippen LogP contribution < -0.4 is 10.1 Å². The molecule has 0 radical (unpaired) electrons. The Hall–Kier alpha value is -1.02. The monoisotopic (exact) mass is 207 g/mol. The molecule has 0 atom stereocenters. The normalized spacial score (nSPS) is 10.7. The van der Waals surface area contributed by atoms with Crippen LogP contribution in [0.3, 0.4) is 0 Å². The standard InChI is InChI=1S/C13H21NO/c1-4-15-13-7-5-6-12(8-13)10-14-9-11(2)3/h5-8,11,14H,4,9-10H2,1-3H3. The molecule has 1 aromatic carbocycles. The van der Waals surface area contributed by atoms with Crippen molar-refractivity contribution in [2.45, 2.75) is 27.3 Å². The van der Waals surface area contributed by atoms with E-state index >= 15 is 0 Å². The highest BCUT2D eigenvalue weighted by atomic mass is 16.5. The Labute approximate surface area is 92.6 Å². The van der Waals surface area contributed by atoms with Gasteiger partial charge in [0.1, 0.15) is 5.75 Å². The fourth-order valence-electron chi connectivity index (χ4n) is 1.42. The predicted molar refractivity (Wildman–Crippen MR) is 64.2 cm³/mol. The fraction of sp³-hybridized carbons (Fsp3) is 0.538. The first kappa shape index (κ1) is 12.1. The lowest BCUT2D eigenvalue weighted by Crippen LogP contribution is -2.18. The van der Waals surface area contributed by atoms with Crippen molar-refractivity contribution in [2.24, 2.45) is 5.92 Å². The average Bonchev–Trinajstić information content (AvgIpc) is 2.18. The van der Waals surface area contributed by atoms with Crippen molar-refractivity contribution < 1.29 is 4.74 Å². The molecule has 0 unspecified atom stereocenters. The number of hydrogen-bond acceptors (Lipinski definition) is 2. The van der Waals surface area contributed by atoms with Crippen LogP contribution in [0, 0.1) is 5.92 Å². The zero-order chi connectivity index (χ0) is 11.1. The van der Waals surface area contributed by atoms with Crippen LogP contribution in [0.5, 0.6) is 5.75 Å². The SMILES string of the molecule is CCOc1cccc(CNCC(C)C)c1. The highest BCUT2D eigenvalue weighted by molar-refractivity contribution is 5.28. The molecule has 84 valence electrons. The number of nitrogens with one attached hydrogen (secondary N) is 1. The minimum absolute atomic E-state index is 0.695. The summed E-state index contributed by atoms with van der Waals surface area (Å²) in [5.74, 6) is 1.65. The van der Waals surface area contributed by atoms with Crippen LogP contribution in [0.2, 0.25) is 0 Å². The summed E-state index contributed by atoms with van der Waals surface area (Å²) in [5, 5.41) is 3.41. The zero-order valence-electron chi connectivity index (χ0n) is 9.92. The quantitative estimate of drug-likeness (QED) is 0.774. The molecule has 0 amide bonds. The molecule has 1 N–H and O–H groups in total. The predicted octanol–water partition coefficient (Wildman–Crippen LogP) is 2.83. The van der Waals surface area contributed by atoms with E-state index in [1.54, 1.807) is 0 Å². The maximum atomic E-state index is 5.45. The van der Waals surface area contributed by atoms with E-state index in [0.29, 0.717) is 5.92 Å². The van der Waals surface area contributed by atoms with E-state index in [1.807, 2.05) is 19.1 Å². The first-order chi connectivity index (χ1) is 7.22. The molecule has 0 bridgehead atoms. The Morgan fingerprint density at radius 1 is 1.33 bits per heavy atom. The second-order valence-electron chi connectivity index (χ2n) is 4.11. The molecule has 0 heterocycles. The topological polar surface area (TPSA) is 21.3 Å². The average molecular weight is 207 g/mol. The van der Waals surface area contributed by atoms with Gasteiger partial charge < -0.3 is 10.1 Å². The first-order valence-electron chi connectivity index (χ1n) is 5.64. The molecule has 0 aromatic heterocycles. The molecule has 2 heteroatoms. The Morgan fingerprint density at radius 3 is 2.80 bits per heavy atom. The Bertz CT molecular complexity index is 284. The van der Waals surface area contributed by atoms with E-state index in [4.69, 9.17) is 4.74 Å². The van der Waals surface area contributed by atoms with Gasteiger partial charge in [-0.3, -0.25) is 0 Å². The molecular weight excluding hydrogens is 186 g/mol. The van der Waals surface area contributed by atoms with E-state index in [2.05, 4.69) is 31.3 Å². The van der Waals surface area contributed by atoms with Gasteiger partial charge in [0.15, 0.2) is 0 Å². The van der Waals surface area contributed by atoms with Gasteiger partial charge in [-0.25, -0.2) is 0 Å². The van der Waals surface area contributed by atoms with Gasteiger partial charge in [0.2, 0.25) is 0 Å². The number of ether oxygens (including phenoxy) is 1. The van der Waals surface area contributed by atoms with Gasteiger partial charge in [-0.15, -0.1) is 0 Å². The summed E-state index contributed by atoms with van der Waals surface area (Å²) in [6, 6.07) is 8.25. The lowest BCUT2D eigenvalue weighted by molar-refractivity contribution is 0.340. The van der Waals surface area contributed by atoms with Gasteiger partial charge in [0.05, 0.1) is 6.61 Å². The Kier molecular flexibility index (Phi) is 5.19. The molecule has 0 aliphatic rings. The van der Waals surface area contributed by atoms with E-state index in [9.17, 15) is 0 Å². The van der Waals surface area contributed by atoms with Crippen LogP contribution >= 0.6 is 0 Å². The van der Waals surface area contributed by atoms with Gasteiger partial charge in [0.25, 0.3) is 0 Å². The largest absolute Gasteiger partial charge is 0.494 e. The second kappa shape index (κ2) is 6.46. The first-order valence-corrected chi connectivity index (χ1v) is 5.64. The minimum atomic E-state index is 0.695. The zero-order valence-corrected chi connectivity index (χ0v) is 9.92. The maximum absolute atomic E-state index is 5.45. The van der Waals surface area contributed by atoms with Crippen molar-refractivity contribution >= 4 is 0 Å². The van der Waals surface area contributed by atoms with Gasteiger partial charge in [-0.1, -0.05) is 26.0 Å². The molecule has 1 rings (SSSR count). The van der Waals surface area contributed by atoms with Crippen LogP contribution in [-0.4, -0.2) is 13.2 Å². The lowest BCUT2D eigenvalue weighted by atomic mass is 10.2. The van der Waals surface area contributed by atoms with E-state index in [0.717, 1.165) is 25.4 Å². The minimum Gasteiger partial charge on any atom is -0.494 e. The summed E-state index contributed by atoms with van der Waals surface area (Å²) < 4.78 is 5.45. The molecule has 0 aliphatic heterocycles. The summed E-state index contributed by atoms with van der Waals surface area (Å²) in [6.07, 6.45) is 0. The van der Waals surface area contributed by atoms with Crippen LogP contribution in [0.4, 0.5) is 0 Å². The number of benzene rings is 1. The van der Waals surface area contributed by atoms with E-state index in [1.165, 1.54) is 5.56 Å². The summed E-state index contributed by atoms with van der Waals surface area (Å²) in [4.78, 5) is 0. The van der Waals surface area contributed by atoms with Crippen molar-refractivity contribution in [3.63, 3.8) is 0 Å². The summed E-state index contributed by atoms with van der Waals surface area (Å²) in [7, 11) is 0. The molecular formula is C13H21NO. The van der Waals surface area contributed by atoms with Gasteiger partial charge in [-0.2, -0.15) is 0 Å². The fourth-order valence-corrected chi connectivity index (χ4v) is 1.42. The Morgan fingerprint density at radius 2 is 2.13 bits per heavy atom. The van der Waals surface area contributed by atoms with Gasteiger partial charge in [0, 0.05) is 6.54 Å². The summed E-state index contributed by atoms with van der Waals surface area (Å²) in [6.45, 7) is 9.12. The summed E-state index contributed by atoms with van der Waals surface area (Å²) >= 11 is 0. The molecule has 0 aliphatic carbocycles. The molecule has 0 fully saturated rings. The molecule has 1 aromatic rings. The van der Waals surface area contributed by atoms with Crippen LogP contribution in [0.1, 0.15) is 26.3 Å². The summed E-state index contributed by atoms with van der Waals surface area (Å²) in [5.41, 5.74) is 1.28. The highest BCUT2D eigenvalue weighted by Crippen LogP contribution is 2.12. The van der Waals surface area contributed by atoms with Crippen molar-refractivity contribution in [3.8, 4) is 5.75 Å². The van der Waals surface area contributed by atoms with Crippen LogP contribution in [0.25, 0.3) is 0 Å². The third kappa shape index (κ3) is 4.84. The van der Waals surface area contributed by atoms with E-state index in [-0.39, 0.29) is 0 Å². The smallest absolute Gasteiger partial charge is 0.119 e. The van der Waals surface area contributed by atoms with Crippen molar-refractivity contribution in [1.82, 2.24) is 5.32 Å². The van der Waals surface area contributed by atoms with E-state index < -0.39 is 0 Å². The van der Waals surface area contributed by atoms with Crippen LogP contribution in [0.15, 0.2) is 24.3 Å². The number of hydrogen-bond donors (Lipinski definition) is 1. The third-order valence-corrected chi connectivity index (χ3v) is 2.09. The van der Waals surface area contributed by atoms with Crippen molar-refractivity contribution in [2.75, 3.05) is 13.2 Å². The molecule has 0 saturated heterocycles. The maximum Gasteiger partial charge on any atom is 0.119 e. The molecule has 0 saturated carbocycles. The molecule has 0 spiro atoms. The molecule has 2 nitrogen and oxygen atoms in total. The Balaban J connectivity index is 2.43. The van der Waals surface area contributed by atoms with Crippen LogP contribution in [-0.2, 0) is 6.54 Å². The number of rotatable bonds is 6. The lowest BCUT2D eigenvalue weighted by Gasteiger charge is -2.09. The molecule has 15 heavy (non-hydrogen) atoms. The van der Waals surface area contributed by atoms with Gasteiger partial charge in [-0.05, 0) is 37.1 Å².